The van der Waals surface area contributed by atoms with Gasteiger partial charge in [0.05, 0.1) is 0 Å². The Bertz CT molecular complexity index is 408. The maximum atomic E-state index is 13.3. The maximum absolute atomic E-state index is 13.3. The number of para-hydroxylation sites is 1. The number of carbonyl (C=O) groups excluding carboxylic acids is 1. The molecule has 0 spiro atoms. The number of hydrogen-bond acceptors (Lipinski definition) is 1. The Balaban J connectivity index is 1.94. The predicted octanol–water partition coefficient (Wildman–Crippen LogP) is 3.87. The molecule has 1 aliphatic carbocycles. The number of hydrogen-bond donors (Lipinski definition) is 1. The van der Waals surface area contributed by atoms with E-state index in [4.69, 9.17) is 0 Å². The zero-order valence-electron chi connectivity index (χ0n) is 10.2. The molecule has 0 unspecified atom stereocenters. The Labute approximate surface area is 105 Å². The molecule has 1 saturated carbocycles. The van der Waals surface area contributed by atoms with Crippen LogP contribution in [0.3, 0.4) is 0 Å². The summed E-state index contributed by atoms with van der Waals surface area (Å²) in [6.07, 6.45) is 5.94. The van der Waals surface area contributed by atoms with E-state index >= 15 is 0 Å². The first-order valence-electron chi connectivity index (χ1n) is 6.40. The minimum absolute atomic E-state index is 0.300. The highest BCUT2D eigenvalue weighted by Crippen LogP contribution is 2.27. The van der Waals surface area contributed by atoms with Crippen LogP contribution in [0.25, 0.3) is 0 Å². The van der Waals surface area contributed by atoms with Crippen molar-refractivity contribution in [3.8, 4) is 0 Å². The van der Waals surface area contributed by atoms with Gasteiger partial charge in [0.15, 0.2) is 0 Å². The van der Waals surface area contributed by atoms with Gasteiger partial charge in [-0.2, -0.15) is 0 Å². The van der Waals surface area contributed by atoms with Gasteiger partial charge in [0.2, 0.25) is 5.91 Å². The van der Waals surface area contributed by atoms with E-state index in [0.717, 1.165) is 37.8 Å². The molecule has 1 N–H and O–H groups in total. The molecule has 0 atom stereocenters. The average Bonchev–Trinajstić information content (AvgIpc) is 2.35. The van der Waals surface area contributed by atoms with Crippen LogP contribution in [-0.2, 0) is 4.79 Å². The Morgan fingerprint density at radius 3 is 2.39 bits per heavy atom. The Morgan fingerprint density at radius 1 is 1.17 bits per heavy atom. The molecule has 18 heavy (non-hydrogen) atoms. The van der Waals surface area contributed by atoms with Crippen molar-refractivity contribution in [3.63, 3.8) is 0 Å². The fourth-order valence-corrected chi connectivity index (χ4v) is 2.46. The van der Waals surface area contributed by atoms with Crippen molar-refractivity contribution < 1.29 is 13.6 Å². The van der Waals surface area contributed by atoms with Gasteiger partial charge in [-0.05, 0) is 30.9 Å². The van der Waals surface area contributed by atoms with Gasteiger partial charge in [0, 0.05) is 6.42 Å². The third-order valence-corrected chi connectivity index (χ3v) is 3.43. The third kappa shape index (κ3) is 3.28. The molecule has 0 radical (unpaired) electrons. The van der Waals surface area contributed by atoms with E-state index in [1.165, 1.54) is 12.5 Å². The van der Waals surface area contributed by atoms with E-state index < -0.39 is 11.6 Å². The van der Waals surface area contributed by atoms with E-state index in [1.54, 1.807) is 0 Å². The first-order valence-corrected chi connectivity index (χ1v) is 6.40. The summed E-state index contributed by atoms with van der Waals surface area (Å²) < 4.78 is 26.7. The van der Waals surface area contributed by atoms with Crippen molar-refractivity contribution >= 4 is 11.6 Å². The number of nitrogens with one attached hydrogen (secondary N) is 1. The first-order chi connectivity index (χ1) is 8.66. The quantitative estimate of drug-likeness (QED) is 0.870. The van der Waals surface area contributed by atoms with Crippen molar-refractivity contribution in [2.75, 3.05) is 5.32 Å². The molecule has 1 amide bonds. The summed E-state index contributed by atoms with van der Waals surface area (Å²) in [5.74, 6) is -1.40. The maximum Gasteiger partial charge on any atom is 0.224 e. The van der Waals surface area contributed by atoms with Gasteiger partial charge in [-0.1, -0.05) is 25.3 Å². The molecule has 4 heteroatoms. The number of amides is 1. The highest BCUT2D eigenvalue weighted by atomic mass is 19.1. The van der Waals surface area contributed by atoms with Crippen molar-refractivity contribution in [1.82, 2.24) is 0 Å². The second-order valence-electron chi connectivity index (χ2n) is 4.85. The minimum atomic E-state index is -0.730. The molecule has 0 aliphatic heterocycles. The summed E-state index contributed by atoms with van der Waals surface area (Å²) in [7, 11) is 0. The number of halogens is 2. The fourth-order valence-electron chi connectivity index (χ4n) is 2.46. The van der Waals surface area contributed by atoms with Gasteiger partial charge in [-0.3, -0.25) is 4.79 Å². The van der Waals surface area contributed by atoms with Crippen molar-refractivity contribution in [3.05, 3.63) is 29.8 Å². The number of anilines is 1. The van der Waals surface area contributed by atoms with Crippen LogP contribution in [-0.4, -0.2) is 5.91 Å². The van der Waals surface area contributed by atoms with Crippen LogP contribution in [0.15, 0.2) is 18.2 Å². The smallest absolute Gasteiger partial charge is 0.224 e. The molecule has 0 heterocycles. The number of benzene rings is 1. The van der Waals surface area contributed by atoms with E-state index in [0.29, 0.717) is 12.3 Å². The van der Waals surface area contributed by atoms with Crippen LogP contribution in [0.1, 0.15) is 38.5 Å². The molecule has 98 valence electrons. The molecule has 0 saturated heterocycles. The third-order valence-electron chi connectivity index (χ3n) is 3.43. The Kier molecular flexibility index (Phi) is 4.28. The van der Waals surface area contributed by atoms with Crippen molar-refractivity contribution in [1.29, 1.82) is 0 Å². The van der Waals surface area contributed by atoms with Crippen LogP contribution < -0.4 is 5.32 Å². The molecule has 1 aliphatic rings. The van der Waals surface area contributed by atoms with E-state index in [-0.39, 0.29) is 11.6 Å². The summed E-state index contributed by atoms with van der Waals surface area (Å²) in [6, 6.07) is 3.56. The van der Waals surface area contributed by atoms with Crippen LogP contribution in [0.4, 0.5) is 14.5 Å². The zero-order chi connectivity index (χ0) is 13.0. The van der Waals surface area contributed by atoms with Crippen molar-refractivity contribution in [2.24, 2.45) is 5.92 Å². The lowest BCUT2D eigenvalue weighted by molar-refractivity contribution is -0.117. The monoisotopic (exact) mass is 253 g/mol. The highest BCUT2D eigenvalue weighted by molar-refractivity contribution is 5.91. The molecule has 1 aromatic carbocycles. The topological polar surface area (TPSA) is 29.1 Å². The van der Waals surface area contributed by atoms with Gasteiger partial charge < -0.3 is 5.32 Å². The molecule has 2 nitrogen and oxygen atoms in total. The SMILES string of the molecule is O=C(CC1CCCCC1)Nc1c(F)cccc1F. The van der Waals surface area contributed by atoms with Crippen molar-refractivity contribution in [2.45, 2.75) is 38.5 Å². The molecule has 1 aromatic rings. The molecule has 0 aromatic heterocycles. The zero-order valence-corrected chi connectivity index (χ0v) is 10.2. The first kappa shape index (κ1) is 13.0. The normalized spacial score (nSPS) is 16.6. The van der Waals surface area contributed by atoms with Gasteiger partial charge in [0.25, 0.3) is 0 Å². The second-order valence-corrected chi connectivity index (χ2v) is 4.85. The van der Waals surface area contributed by atoms with E-state index in [2.05, 4.69) is 5.32 Å². The van der Waals surface area contributed by atoms with Gasteiger partial charge in [-0.25, -0.2) is 8.78 Å². The lowest BCUT2D eigenvalue weighted by atomic mass is 9.87. The van der Waals surface area contributed by atoms with Crippen LogP contribution in [0.5, 0.6) is 0 Å². The van der Waals surface area contributed by atoms with Gasteiger partial charge in [0.1, 0.15) is 17.3 Å². The Hall–Kier alpha value is -1.45. The molecule has 1 fully saturated rings. The second kappa shape index (κ2) is 5.94. The summed E-state index contributed by atoms with van der Waals surface area (Å²) in [4.78, 5) is 11.7. The van der Waals surface area contributed by atoms with Gasteiger partial charge in [-0.15, -0.1) is 0 Å². The van der Waals surface area contributed by atoms with Crippen LogP contribution >= 0.6 is 0 Å². The summed E-state index contributed by atoms with van der Waals surface area (Å²) in [6.45, 7) is 0. The lowest BCUT2D eigenvalue weighted by Crippen LogP contribution is -2.19. The molecule has 0 bridgehead atoms. The highest BCUT2D eigenvalue weighted by Gasteiger charge is 2.18. The Morgan fingerprint density at radius 2 is 1.78 bits per heavy atom. The van der Waals surface area contributed by atoms with E-state index in [9.17, 15) is 13.6 Å². The fraction of sp³-hybridized carbons (Fsp3) is 0.500. The van der Waals surface area contributed by atoms with Gasteiger partial charge >= 0.3 is 0 Å². The number of rotatable bonds is 3. The average molecular weight is 253 g/mol. The van der Waals surface area contributed by atoms with Crippen LogP contribution in [0.2, 0.25) is 0 Å². The summed E-state index contributed by atoms with van der Waals surface area (Å²) in [5.41, 5.74) is -0.335. The summed E-state index contributed by atoms with van der Waals surface area (Å²) in [5, 5.41) is 2.34. The molecular formula is C14H17F2NO. The lowest BCUT2D eigenvalue weighted by Gasteiger charge is -2.20. The largest absolute Gasteiger partial charge is 0.321 e. The number of carbonyl (C=O) groups is 1. The van der Waals surface area contributed by atoms with E-state index in [1.807, 2.05) is 0 Å². The standard InChI is InChI=1S/C14H17F2NO/c15-11-7-4-8-12(16)14(11)17-13(18)9-10-5-2-1-3-6-10/h4,7-8,10H,1-3,5-6,9H2,(H,17,18). The predicted molar refractivity (Wildman–Crippen MR) is 66.2 cm³/mol. The molecule has 2 rings (SSSR count). The molecular weight excluding hydrogens is 236 g/mol. The minimum Gasteiger partial charge on any atom is -0.321 e. The summed E-state index contributed by atoms with van der Waals surface area (Å²) >= 11 is 0. The van der Waals surface area contributed by atoms with Crippen LogP contribution in [0, 0.1) is 17.6 Å².